The second-order valence-electron chi connectivity index (χ2n) is 13.9. The molecule has 324 valence electrons. The van der Waals surface area contributed by atoms with E-state index in [1.54, 1.807) is 48.5 Å². The van der Waals surface area contributed by atoms with Gasteiger partial charge in [0.2, 0.25) is 23.8 Å². The van der Waals surface area contributed by atoms with Gasteiger partial charge in [0, 0.05) is 53.1 Å². The van der Waals surface area contributed by atoms with Gasteiger partial charge in [-0.25, -0.2) is 4.57 Å². The van der Waals surface area contributed by atoms with Gasteiger partial charge in [0.1, 0.15) is 6.54 Å². The Morgan fingerprint density at radius 1 is 0.517 bits per heavy atom. The lowest BCUT2D eigenvalue weighted by molar-refractivity contribution is -0.697. The fraction of sp³-hybridized carbons (Fsp3) is 0.512. The molecule has 0 fully saturated rings. The summed E-state index contributed by atoms with van der Waals surface area (Å²) in [5.74, 6) is 0.564. The molecule has 58 heavy (non-hydrogen) atoms. The molecule has 3 aromatic rings. The van der Waals surface area contributed by atoms with Crippen LogP contribution in [0.25, 0.3) is 0 Å². The van der Waals surface area contributed by atoms with Crippen LogP contribution in [0.1, 0.15) is 122 Å². The zero-order valence-electron chi connectivity index (χ0n) is 34.4. The highest BCUT2D eigenvalue weighted by Gasteiger charge is 2.00. The number of nitrogens with two attached hydrogens (primary N) is 4. The van der Waals surface area contributed by atoms with Crippen molar-refractivity contribution in [3.63, 3.8) is 0 Å². The molecule has 0 aliphatic heterocycles. The third-order valence-corrected chi connectivity index (χ3v) is 9.37. The van der Waals surface area contributed by atoms with Gasteiger partial charge < -0.3 is 46.0 Å². The van der Waals surface area contributed by atoms with Gasteiger partial charge in [-0.15, -0.1) is 12.4 Å². The Hall–Kier alpha value is -3.77. The topological polar surface area (TPSA) is 181 Å². The lowest BCUT2D eigenvalue weighted by Crippen LogP contribution is -3.00. The molecule has 10 N–H and O–H groups in total. The molecular formula is C43H69Cl4N11. The summed E-state index contributed by atoms with van der Waals surface area (Å²) < 4.78 is 2.29. The molecule has 0 unspecified atom stereocenters. The van der Waals surface area contributed by atoms with Crippen LogP contribution in [0.3, 0.4) is 0 Å². The van der Waals surface area contributed by atoms with Crippen LogP contribution in [0.5, 0.6) is 0 Å². The van der Waals surface area contributed by atoms with Gasteiger partial charge in [-0.2, -0.15) is 9.98 Å². The van der Waals surface area contributed by atoms with Gasteiger partial charge in [-0.05, 0) is 67.8 Å². The molecule has 0 bridgehead atoms. The number of aliphatic imine (C=N–C) groups is 4. The second kappa shape index (κ2) is 36.3. The molecule has 1 heterocycles. The molecule has 0 spiro atoms. The van der Waals surface area contributed by atoms with Crippen LogP contribution < -0.4 is 50.5 Å². The first-order chi connectivity index (χ1) is 27.2. The zero-order chi connectivity index (χ0) is 40.5. The maximum atomic E-state index is 5.85. The molecule has 0 radical (unpaired) electrons. The van der Waals surface area contributed by atoms with E-state index in [0.29, 0.717) is 23.1 Å². The summed E-state index contributed by atoms with van der Waals surface area (Å²) in [7, 11) is 0. The Morgan fingerprint density at radius 2 is 0.862 bits per heavy atom. The third-order valence-electron chi connectivity index (χ3n) is 8.86. The lowest BCUT2D eigenvalue weighted by atomic mass is 10.0. The normalized spacial score (nSPS) is 11.8. The van der Waals surface area contributed by atoms with E-state index in [-0.39, 0.29) is 48.7 Å². The monoisotopic (exact) mass is 879 g/mol. The molecule has 11 nitrogen and oxygen atoms in total. The summed E-state index contributed by atoms with van der Waals surface area (Å²) in [5, 5.41) is 7.11. The number of nitrogens with zero attached hydrogens (tertiary/aromatic N) is 5. The number of anilines is 2. The van der Waals surface area contributed by atoms with Crippen molar-refractivity contribution in [3.05, 3.63) is 89.2 Å². The van der Waals surface area contributed by atoms with Gasteiger partial charge in [0.15, 0.2) is 12.4 Å². The van der Waals surface area contributed by atoms with E-state index in [1.807, 2.05) is 0 Å². The van der Waals surface area contributed by atoms with Crippen LogP contribution in [-0.2, 0) is 6.54 Å². The molecule has 1 aromatic heterocycles. The van der Waals surface area contributed by atoms with Crippen molar-refractivity contribution in [3.8, 4) is 0 Å². The van der Waals surface area contributed by atoms with Crippen molar-refractivity contribution < 1.29 is 17.0 Å². The molecule has 0 aliphatic rings. The summed E-state index contributed by atoms with van der Waals surface area (Å²) in [5.41, 5.74) is 24.8. The van der Waals surface area contributed by atoms with Crippen molar-refractivity contribution in [1.82, 2.24) is 0 Å². The highest BCUT2D eigenvalue weighted by molar-refractivity contribution is 6.31. The molecule has 3 rings (SSSR count). The van der Waals surface area contributed by atoms with Crippen LogP contribution in [0.2, 0.25) is 10.0 Å². The number of aromatic nitrogens is 1. The van der Waals surface area contributed by atoms with E-state index in [4.69, 9.17) is 46.1 Å². The zero-order valence-corrected chi connectivity index (χ0v) is 37.5. The number of nitrogens with one attached hydrogen (secondary N) is 2. The van der Waals surface area contributed by atoms with Crippen molar-refractivity contribution in [2.45, 2.75) is 129 Å². The summed E-state index contributed by atoms with van der Waals surface area (Å²) in [4.78, 5) is 16.5. The van der Waals surface area contributed by atoms with E-state index < -0.39 is 0 Å². The maximum absolute atomic E-state index is 5.85. The lowest BCUT2D eigenvalue weighted by Gasteiger charge is -2.05. The SMILES string of the molecule is CCCCCCCCCCCCCCCC[n+]1ccccc1.Cl.NC(=NCCCCCCN=C(N)N=C(N)Nc1ccc(Cl)cc1)N=C(N)Nc1ccc(Cl)cc1.[Cl-]. The largest absolute Gasteiger partial charge is 1.00 e. The second-order valence-corrected chi connectivity index (χ2v) is 14.7. The molecule has 0 saturated carbocycles. The average Bonchev–Trinajstić information content (AvgIpc) is 3.18. The minimum atomic E-state index is 0. The summed E-state index contributed by atoms with van der Waals surface area (Å²) in [6, 6.07) is 20.5. The molecule has 15 heteroatoms. The number of halogens is 4. The Kier molecular flexibility index (Phi) is 34.0. The van der Waals surface area contributed by atoms with Crippen molar-refractivity contribution >= 4 is 70.8 Å². The predicted molar refractivity (Wildman–Crippen MR) is 249 cm³/mol. The standard InChI is InChI=1S/C22H30Cl2N10.C21H38N.2ClH/c23-15-5-9-17(10-6-15)31-21(27)33-19(25)29-13-3-1-2-4-14-30-20(26)34-22(28)32-18-11-7-16(24)8-12-18;1-2-3-4-5-6-7-8-9-10-11-12-13-14-16-19-22-20-17-15-18-21-22;;/h5-12H,1-4,13-14H2,(H5,25,27,29,31,33)(H5,26,28,30,32,34);15,17-18,20-21H,2-14,16,19H2,1H3;2*1H/q;+1;;/p-1. The Labute approximate surface area is 370 Å². The highest BCUT2D eigenvalue weighted by atomic mass is 35.5. The van der Waals surface area contributed by atoms with E-state index in [0.717, 1.165) is 37.1 Å². The average molecular weight is 882 g/mol. The van der Waals surface area contributed by atoms with Crippen LogP contribution in [0.15, 0.2) is 99.1 Å². The van der Waals surface area contributed by atoms with Gasteiger partial charge in [-0.1, -0.05) is 126 Å². The quantitative estimate of drug-likeness (QED) is 0.0239. The predicted octanol–water partition coefficient (Wildman–Crippen LogP) is 7.22. The highest BCUT2D eigenvalue weighted by Crippen LogP contribution is 2.15. The number of guanidine groups is 4. The minimum absolute atomic E-state index is 0. The van der Waals surface area contributed by atoms with Crippen molar-refractivity contribution in [2.75, 3.05) is 23.7 Å². The van der Waals surface area contributed by atoms with Crippen LogP contribution in [-0.4, -0.2) is 36.9 Å². The third kappa shape index (κ3) is 30.3. The van der Waals surface area contributed by atoms with E-state index in [9.17, 15) is 0 Å². The van der Waals surface area contributed by atoms with Gasteiger partial charge in [-0.3, -0.25) is 9.98 Å². The van der Waals surface area contributed by atoms with Gasteiger partial charge in [0.25, 0.3) is 0 Å². The number of unbranched alkanes of at least 4 members (excludes halogenated alkanes) is 16. The number of hydrogen-bond donors (Lipinski definition) is 6. The molecular weight excluding hydrogens is 812 g/mol. The Bertz CT molecular complexity index is 1470. The number of pyridine rings is 1. The molecule has 2 aromatic carbocycles. The fourth-order valence-corrected chi connectivity index (χ4v) is 6.02. The summed E-state index contributed by atoms with van der Waals surface area (Å²) in [6.07, 6.45) is 28.1. The Balaban J connectivity index is 0.00000118. The van der Waals surface area contributed by atoms with Crippen LogP contribution in [0.4, 0.5) is 11.4 Å². The van der Waals surface area contributed by atoms with Gasteiger partial charge >= 0.3 is 0 Å². The number of hydrogen-bond acceptors (Lipinski definition) is 2. The Morgan fingerprint density at radius 3 is 1.24 bits per heavy atom. The molecule has 0 amide bonds. The first-order valence-electron chi connectivity index (χ1n) is 20.5. The van der Waals surface area contributed by atoms with Crippen molar-refractivity contribution in [2.24, 2.45) is 42.9 Å². The number of rotatable bonds is 24. The van der Waals surface area contributed by atoms with E-state index in [2.05, 4.69) is 72.7 Å². The van der Waals surface area contributed by atoms with Crippen LogP contribution in [0, 0.1) is 0 Å². The first kappa shape index (κ1) is 54.2. The first-order valence-corrected chi connectivity index (χ1v) is 21.3. The van der Waals surface area contributed by atoms with Crippen LogP contribution >= 0.6 is 35.6 Å². The summed E-state index contributed by atoms with van der Waals surface area (Å²) in [6.45, 7) is 4.59. The van der Waals surface area contributed by atoms with Crippen molar-refractivity contribution in [1.29, 1.82) is 0 Å². The van der Waals surface area contributed by atoms with Gasteiger partial charge in [0.05, 0.1) is 0 Å². The summed E-state index contributed by atoms with van der Waals surface area (Å²) >= 11 is 11.7. The smallest absolute Gasteiger partial charge is 0.218 e. The molecule has 0 aliphatic carbocycles. The minimum Gasteiger partial charge on any atom is -1.00 e. The maximum Gasteiger partial charge on any atom is 0.218 e. The molecule has 0 atom stereocenters. The number of benzene rings is 2. The van der Waals surface area contributed by atoms with E-state index >= 15 is 0 Å². The van der Waals surface area contributed by atoms with E-state index in [1.165, 1.54) is 96.4 Å². The fourth-order valence-electron chi connectivity index (χ4n) is 5.77. The number of aryl methyl sites for hydroxylation is 1. The molecule has 0 saturated heterocycles.